The van der Waals surface area contributed by atoms with E-state index in [1.807, 2.05) is 0 Å². The molecular formula is C9H15N3. The van der Waals surface area contributed by atoms with E-state index in [1.165, 1.54) is 25.5 Å². The van der Waals surface area contributed by atoms with Crippen LogP contribution in [0.25, 0.3) is 0 Å². The second-order valence-electron chi connectivity index (χ2n) is 4.26. The molecule has 0 radical (unpaired) electrons. The summed E-state index contributed by atoms with van der Waals surface area (Å²) in [4.78, 5) is 9.27. The third-order valence-corrected chi connectivity index (χ3v) is 3.29. The van der Waals surface area contributed by atoms with Gasteiger partial charge in [-0.2, -0.15) is 0 Å². The summed E-state index contributed by atoms with van der Waals surface area (Å²) < 4.78 is 0. The van der Waals surface area contributed by atoms with Crippen molar-refractivity contribution in [3.63, 3.8) is 0 Å². The van der Waals surface area contributed by atoms with Crippen LogP contribution in [0.1, 0.15) is 6.42 Å². The van der Waals surface area contributed by atoms with Crippen LogP contribution >= 0.6 is 0 Å². The van der Waals surface area contributed by atoms with Crippen LogP contribution < -0.4 is 0 Å². The molecule has 0 amide bonds. The van der Waals surface area contributed by atoms with E-state index in [-0.39, 0.29) is 0 Å². The summed E-state index contributed by atoms with van der Waals surface area (Å²) in [7, 11) is 2.15. The van der Waals surface area contributed by atoms with Crippen molar-refractivity contribution in [2.45, 2.75) is 6.42 Å². The number of rotatable bonds is 0. The van der Waals surface area contributed by atoms with Gasteiger partial charge in [-0.1, -0.05) is 0 Å². The number of likely N-dealkylation sites (tertiary alicyclic amines) is 1. The minimum atomic E-state index is 0.998. The van der Waals surface area contributed by atoms with Crippen molar-refractivity contribution in [3.8, 4) is 0 Å². The predicted octanol–water partition coefficient (Wildman–Crippen LogP) is 0.239. The summed E-state index contributed by atoms with van der Waals surface area (Å²) in [6.07, 6.45) is 1.48. The largest absolute Gasteiger partial charge is 0.344 e. The van der Waals surface area contributed by atoms with E-state index < -0.39 is 0 Å². The monoisotopic (exact) mass is 165 g/mol. The number of hydrogen-bond donors (Lipinski definition) is 0. The molecule has 2 fully saturated rings. The molecule has 0 aromatic carbocycles. The lowest BCUT2D eigenvalue weighted by atomic mass is 10.4. The molecule has 1 saturated carbocycles. The molecule has 0 aromatic heterocycles. The van der Waals surface area contributed by atoms with Crippen molar-refractivity contribution in [1.82, 2.24) is 9.80 Å². The van der Waals surface area contributed by atoms with Gasteiger partial charge in [0.05, 0.1) is 6.54 Å². The van der Waals surface area contributed by atoms with Gasteiger partial charge in [-0.3, -0.25) is 4.99 Å². The maximum atomic E-state index is 4.52. The molecule has 1 saturated heterocycles. The van der Waals surface area contributed by atoms with Crippen molar-refractivity contribution in [2.24, 2.45) is 16.8 Å². The summed E-state index contributed by atoms with van der Waals surface area (Å²) in [5.74, 6) is 3.28. The SMILES string of the molecule is CN1CCN=C1N1CC2CC2C1. The Morgan fingerprint density at radius 3 is 2.67 bits per heavy atom. The first-order valence-corrected chi connectivity index (χ1v) is 4.85. The molecule has 2 aliphatic heterocycles. The first-order chi connectivity index (χ1) is 5.84. The molecule has 0 aromatic rings. The van der Waals surface area contributed by atoms with Gasteiger partial charge >= 0.3 is 0 Å². The Balaban J connectivity index is 1.73. The third-order valence-electron chi connectivity index (χ3n) is 3.29. The molecule has 2 atom stereocenters. The van der Waals surface area contributed by atoms with E-state index in [2.05, 4.69) is 21.8 Å². The van der Waals surface area contributed by atoms with Gasteiger partial charge in [-0.05, 0) is 18.3 Å². The van der Waals surface area contributed by atoms with Crippen molar-refractivity contribution in [1.29, 1.82) is 0 Å². The van der Waals surface area contributed by atoms with Crippen LogP contribution in [0, 0.1) is 11.8 Å². The summed E-state index contributed by atoms with van der Waals surface area (Å²) >= 11 is 0. The minimum Gasteiger partial charge on any atom is -0.344 e. The normalized spacial score (nSPS) is 38.6. The van der Waals surface area contributed by atoms with Crippen LogP contribution in [0.15, 0.2) is 4.99 Å². The van der Waals surface area contributed by atoms with Gasteiger partial charge in [0.1, 0.15) is 0 Å². The number of fused-ring (bicyclic) bond motifs is 1. The summed E-state index contributed by atoms with van der Waals surface area (Å²) in [6, 6.07) is 0. The van der Waals surface area contributed by atoms with Crippen molar-refractivity contribution >= 4 is 5.96 Å². The average molecular weight is 165 g/mol. The topological polar surface area (TPSA) is 18.8 Å². The Morgan fingerprint density at radius 2 is 2.08 bits per heavy atom. The number of likely N-dealkylation sites (N-methyl/N-ethyl adjacent to an activating group) is 1. The predicted molar refractivity (Wildman–Crippen MR) is 48.1 cm³/mol. The molecule has 3 rings (SSSR count). The smallest absolute Gasteiger partial charge is 0.196 e. The van der Waals surface area contributed by atoms with E-state index in [9.17, 15) is 0 Å². The van der Waals surface area contributed by atoms with Crippen molar-refractivity contribution in [3.05, 3.63) is 0 Å². The zero-order valence-electron chi connectivity index (χ0n) is 7.53. The highest BCUT2D eigenvalue weighted by Crippen LogP contribution is 2.45. The highest BCUT2D eigenvalue weighted by molar-refractivity contribution is 5.81. The van der Waals surface area contributed by atoms with Crippen LogP contribution in [0.3, 0.4) is 0 Å². The Hall–Kier alpha value is -0.730. The first-order valence-electron chi connectivity index (χ1n) is 4.85. The molecule has 2 heterocycles. The highest BCUT2D eigenvalue weighted by Gasteiger charge is 2.46. The summed E-state index contributed by atoms with van der Waals surface area (Å²) in [5, 5.41) is 0. The lowest BCUT2D eigenvalue weighted by molar-refractivity contribution is 0.393. The highest BCUT2D eigenvalue weighted by atomic mass is 15.4. The summed E-state index contributed by atoms with van der Waals surface area (Å²) in [6.45, 7) is 4.65. The van der Waals surface area contributed by atoms with Gasteiger partial charge < -0.3 is 9.80 Å². The van der Waals surface area contributed by atoms with Crippen LogP contribution in [0.2, 0.25) is 0 Å². The Labute approximate surface area is 73.1 Å². The van der Waals surface area contributed by atoms with Gasteiger partial charge in [-0.15, -0.1) is 0 Å². The molecule has 3 aliphatic rings. The molecule has 2 unspecified atom stereocenters. The van der Waals surface area contributed by atoms with E-state index in [1.54, 1.807) is 0 Å². The third kappa shape index (κ3) is 0.853. The van der Waals surface area contributed by atoms with Gasteiger partial charge in [0.2, 0.25) is 0 Å². The van der Waals surface area contributed by atoms with Crippen LogP contribution in [0.5, 0.6) is 0 Å². The maximum absolute atomic E-state index is 4.52. The molecule has 1 aliphatic carbocycles. The molecule has 66 valence electrons. The second kappa shape index (κ2) is 2.15. The molecule has 0 N–H and O–H groups in total. The number of piperidine rings is 1. The fourth-order valence-corrected chi connectivity index (χ4v) is 2.42. The van der Waals surface area contributed by atoms with Crippen molar-refractivity contribution < 1.29 is 0 Å². The lowest BCUT2D eigenvalue weighted by Crippen LogP contribution is -2.39. The number of nitrogens with zero attached hydrogens (tertiary/aromatic N) is 3. The van der Waals surface area contributed by atoms with Gasteiger partial charge in [-0.25, -0.2) is 0 Å². The minimum absolute atomic E-state index is 0.998. The van der Waals surface area contributed by atoms with Crippen LogP contribution in [-0.4, -0.2) is 49.0 Å². The Bertz CT molecular complexity index is 226. The van der Waals surface area contributed by atoms with E-state index in [4.69, 9.17) is 0 Å². The van der Waals surface area contributed by atoms with Gasteiger partial charge in [0.25, 0.3) is 0 Å². The standard InChI is InChI=1S/C9H15N3/c1-11-3-2-10-9(11)12-5-7-4-8(7)6-12/h7-8H,2-6H2,1H3. The average Bonchev–Trinajstić information content (AvgIpc) is 2.51. The number of hydrogen-bond acceptors (Lipinski definition) is 3. The van der Waals surface area contributed by atoms with Crippen molar-refractivity contribution in [2.75, 3.05) is 33.2 Å². The quantitative estimate of drug-likeness (QED) is 0.512. The van der Waals surface area contributed by atoms with E-state index in [0.29, 0.717) is 0 Å². The van der Waals surface area contributed by atoms with Gasteiger partial charge in [0, 0.05) is 26.7 Å². The number of aliphatic imine (C=N–C) groups is 1. The lowest BCUT2D eigenvalue weighted by Gasteiger charge is -2.25. The fourth-order valence-electron chi connectivity index (χ4n) is 2.42. The second-order valence-corrected chi connectivity index (χ2v) is 4.26. The number of guanidine groups is 1. The van der Waals surface area contributed by atoms with Gasteiger partial charge in [0.15, 0.2) is 5.96 Å². The summed E-state index contributed by atoms with van der Waals surface area (Å²) in [5.41, 5.74) is 0. The van der Waals surface area contributed by atoms with E-state index in [0.717, 1.165) is 24.9 Å². The molecule has 12 heavy (non-hydrogen) atoms. The fraction of sp³-hybridized carbons (Fsp3) is 0.889. The van der Waals surface area contributed by atoms with Crippen LogP contribution in [0.4, 0.5) is 0 Å². The first kappa shape index (κ1) is 6.75. The van der Waals surface area contributed by atoms with Crippen LogP contribution in [-0.2, 0) is 0 Å². The van der Waals surface area contributed by atoms with E-state index >= 15 is 0 Å². The molecule has 3 nitrogen and oxygen atoms in total. The molecule has 0 spiro atoms. The Kier molecular flexibility index (Phi) is 1.21. The molecule has 3 heteroatoms. The maximum Gasteiger partial charge on any atom is 0.196 e. The molecule has 0 bridgehead atoms. The zero-order chi connectivity index (χ0) is 8.13. The Morgan fingerprint density at radius 1 is 1.33 bits per heavy atom. The zero-order valence-corrected chi connectivity index (χ0v) is 7.53. The molecular weight excluding hydrogens is 150 g/mol.